The van der Waals surface area contributed by atoms with Gasteiger partial charge in [0, 0.05) is 23.5 Å². The summed E-state index contributed by atoms with van der Waals surface area (Å²) in [6, 6.07) is 12.9. The molecule has 3 rings (SSSR count). The van der Waals surface area contributed by atoms with Crippen LogP contribution in [0.15, 0.2) is 48.5 Å². The van der Waals surface area contributed by atoms with Gasteiger partial charge in [-0.3, -0.25) is 0 Å². The molecule has 3 aromatic rings. The van der Waals surface area contributed by atoms with E-state index in [1.54, 1.807) is 6.07 Å². The van der Waals surface area contributed by atoms with Crippen LogP contribution in [0.3, 0.4) is 0 Å². The fourth-order valence-corrected chi connectivity index (χ4v) is 2.49. The zero-order valence-electron chi connectivity index (χ0n) is 14.0. The number of aromatic nitrogens is 2. The zero-order chi connectivity index (χ0) is 17.8. The van der Waals surface area contributed by atoms with E-state index in [2.05, 4.69) is 27.5 Å². The Balaban J connectivity index is 1.87. The van der Waals surface area contributed by atoms with Crippen molar-refractivity contribution in [2.24, 2.45) is 0 Å². The highest BCUT2D eigenvalue weighted by molar-refractivity contribution is 5.62. The lowest BCUT2D eigenvalue weighted by atomic mass is 10.1. The van der Waals surface area contributed by atoms with Gasteiger partial charge in [0.1, 0.15) is 17.5 Å². The van der Waals surface area contributed by atoms with Crippen molar-refractivity contribution in [1.82, 2.24) is 9.97 Å². The SMILES string of the molecule is CCc1ccccc1Nc1nc(C)cc(Nc2ccc(F)cc2F)n1. The van der Waals surface area contributed by atoms with Crippen molar-refractivity contribution in [3.8, 4) is 0 Å². The Morgan fingerprint density at radius 3 is 2.48 bits per heavy atom. The second-order valence-corrected chi connectivity index (χ2v) is 5.60. The Bertz CT molecular complexity index is 896. The molecule has 0 unspecified atom stereocenters. The van der Waals surface area contributed by atoms with Crippen molar-refractivity contribution in [2.75, 3.05) is 10.6 Å². The van der Waals surface area contributed by atoms with E-state index in [1.807, 2.05) is 31.2 Å². The molecular weight excluding hydrogens is 322 g/mol. The van der Waals surface area contributed by atoms with Crippen molar-refractivity contribution in [1.29, 1.82) is 0 Å². The number of aryl methyl sites for hydroxylation is 2. The van der Waals surface area contributed by atoms with Crippen LogP contribution in [0.5, 0.6) is 0 Å². The van der Waals surface area contributed by atoms with Crippen LogP contribution in [0, 0.1) is 18.6 Å². The summed E-state index contributed by atoms with van der Waals surface area (Å²) in [7, 11) is 0. The predicted molar refractivity (Wildman–Crippen MR) is 95.5 cm³/mol. The predicted octanol–water partition coefficient (Wildman–Crippen LogP) is 5.11. The summed E-state index contributed by atoms with van der Waals surface area (Å²) in [5.74, 6) is -0.469. The fraction of sp³-hybridized carbons (Fsp3) is 0.158. The van der Waals surface area contributed by atoms with Crippen LogP contribution in [-0.4, -0.2) is 9.97 Å². The first-order valence-corrected chi connectivity index (χ1v) is 7.98. The molecule has 0 spiro atoms. The Hall–Kier alpha value is -3.02. The van der Waals surface area contributed by atoms with E-state index < -0.39 is 11.6 Å². The van der Waals surface area contributed by atoms with Crippen LogP contribution in [0.25, 0.3) is 0 Å². The molecule has 1 heterocycles. The highest BCUT2D eigenvalue weighted by Crippen LogP contribution is 2.23. The number of anilines is 4. The van der Waals surface area contributed by atoms with Crippen LogP contribution in [-0.2, 0) is 6.42 Å². The maximum absolute atomic E-state index is 13.8. The van der Waals surface area contributed by atoms with Crippen LogP contribution >= 0.6 is 0 Å². The van der Waals surface area contributed by atoms with E-state index in [9.17, 15) is 8.78 Å². The van der Waals surface area contributed by atoms with E-state index in [-0.39, 0.29) is 5.69 Å². The molecular formula is C19H18F2N4. The number of hydrogen-bond donors (Lipinski definition) is 2. The molecule has 0 aliphatic carbocycles. The lowest BCUT2D eigenvalue weighted by molar-refractivity contribution is 0.586. The maximum Gasteiger partial charge on any atom is 0.229 e. The number of hydrogen-bond acceptors (Lipinski definition) is 4. The van der Waals surface area contributed by atoms with E-state index in [0.717, 1.165) is 29.4 Å². The second-order valence-electron chi connectivity index (χ2n) is 5.60. The number of benzene rings is 2. The van der Waals surface area contributed by atoms with Gasteiger partial charge >= 0.3 is 0 Å². The van der Waals surface area contributed by atoms with Gasteiger partial charge in [0.2, 0.25) is 5.95 Å². The summed E-state index contributed by atoms with van der Waals surface area (Å²) in [6.07, 6.45) is 0.876. The van der Waals surface area contributed by atoms with Crippen molar-refractivity contribution in [2.45, 2.75) is 20.3 Å². The van der Waals surface area contributed by atoms with Gasteiger partial charge in [0.15, 0.2) is 0 Å². The van der Waals surface area contributed by atoms with Gasteiger partial charge in [-0.05, 0) is 37.1 Å². The van der Waals surface area contributed by atoms with Crippen molar-refractivity contribution in [3.63, 3.8) is 0 Å². The molecule has 25 heavy (non-hydrogen) atoms. The average molecular weight is 340 g/mol. The fourth-order valence-electron chi connectivity index (χ4n) is 2.49. The highest BCUT2D eigenvalue weighted by atomic mass is 19.1. The summed E-state index contributed by atoms with van der Waals surface area (Å²) in [5, 5.41) is 6.06. The molecule has 2 aromatic carbocycles. The topological polar surface area (TPSA) is 49.8 Å². The molecule has 4 nitrogen and oxygen atoms in total. The lowest BCUT2D eigenvalue weighted by Crippen LogP contribution is -2.04. The van der Waals surface area contributed by atoms with Gasteiger partial charge in [-0.15, -0.1) is 0 Å². The number of nitrogens with zero attached hydrogens (tertiary/aromatic N) is 2. The molecule has 128 valence electrons. The molecule has 0 fully saturated rings. The van der Waals surface area contributed by atoms with Crippen LogP contribution in [0.1, 0.15) is 18.2 Å². The summed E-state index contributed by atoms with van der Waals surface area (Å²) in [5.41, 5.74) is 2.94. The molecule has 0 bridgehead atoms. The maximum atomic E-state index is 13.8. The quantitative estimate of drug-likeness (QED) is 0.677. The minimum absolute atomic E-state index is 0.152. The zero-order valence-corrected chi connectivity index (χ0v) is 14.0. The largest absolute Gasteiger partial charge is 0.338 e. The third kappa shape index (κ3) is 4.09. The van der Waals surface area contributed by atoms with E-state index in [1.165, 1.54) is 12.1 Å². The average Bonchev–Trinajstić information content (AvgIpc) is 2.57. The van der Waals surface area contributed by atoms with Crippen LogP contribution in [0.4, 0.5) is 31.9 Å². The van der Waals surface area contributed by atoms with Gasteiger partial charge in [0.05, 0.1) is 5.69 Å². The monoisotopic (exact) mass is 340 g/mol. The normalized spacial score (nSPS) is 10.6. The van der Waals surface area contributed by atoms with Crippen molar-refractivity contribution in [3.05, 3.63) is 71.4 Å². The number of halogens is 2. The second kappa shape index (κ2) is 7.25. The van der Waals surface area contributed by atoms with Gasteiger partial charge in [-0.2, -0.15) is 4.98 Å². The number of para-hydroxylation sites is 1. The standard InChI is InChI=1S/C19H18F2N4/c1-3-13-6-4-5-7-16(13)24-19-22-12(2)10-18(25-19)23-17-9-8-14(20)11-15(17)21/h4-11H,3H2,1-2H3,(H2,22,23,24,25). The number of rotatable bonds is 5. The Morgan fingerprint density at radius 1 is 0.920 bits per heavy atom. The summed E-state index contributed by atoms with van der Waals surface area (Å²) >= 11 is 0. The van der Waals surface area contributed by atoms with Gasteiger partial charge in [-0.1, -0.05) is 25.1 Å². The highest BCUT2D eigenvalue weighted by Gasteiger charge is 2.08. The van der Waals surface area contributed by atoms with Gasteiger partial charge in [0.25, 0.3) is 0 Å². The van der Waals surface area contributed by atoms with E-state index >= 15 is 0 Å². The lowest BCUT2D eigenvalue weighted by Gasteiger charge is -2.12. The molecule has 1 aromatic heterocycles. The summed E-state index contributed by atoms with van der Waals surface area (Å²) in [4.78, 5) is 8.74. The number of nitrogens with one attached hydrogen (secondary N) is 2. The van der Waals surface area contributed by atoms with E-state index in [0.29, 0.717) is 11.8 Å². The molecule has 0 aliphatic rings. The Labute approximate surface area is 145 Å². The smallest absolute Gasteiger partial charge is 0.229 e. The first-order chi connectivity index (χ1) is 12.0. The van der Waals surface area contributed by atoms with Crippen molar-refractivity contribution >= 4 is 23.1 Å². The van der Waals surface area contributed by atoms with E-state index in [4.69, 9.17) is 0 Å². The molecule has 0 saturated heterocycles. The third-order valence-electron chi connectivity index (χ3n) is 3.69. The van der Waals surface area contributed by atoms with Crippen LogP contribution < -0.4 is 10.6 Å². The molecule has 0 amide bonds. The summed E-state index contributed by atoms with van der Waals surface area (Å²) < 4.78 is 26.8. The van der Waals surface area contributed by atoms with Gasteiger partial charge in [-0.25, -0.2) is 13.8 Å². The third-order valence-corrected chi connectivity index (χ3v) is 3.69. The minimum Gasteiger partial charge on any atom is -0.338 e. The molecule has 6 heteroatoms. The summed E-state index contributed by atoms with van der Waals surface area (Å²) in [6.45, 7) is 3.90. The van der Waals surface area contributed by atoms with Gasteiger partial charge < -0.3 is 10.6 Å². The molecule has 0 aliphatic heterocycles. The first kappa shape index (κ1) is 16.8. The Morgan fingerprint density at radius 2 is 1.72 bits per heavy atom. The van der Waals surface area contributed by atoms with Crippen LogP contribution in [0.2, 0.25) is 0 Å². The molecule has 0 saturated carbocycles. The first-order valence-electron chi connectivity index (χ1n) is 7.98. The Kier molecular flexibility index (Phi) is 4.88. The van der Waals surface area contributed by atoms with Crippen molar-refractivity contribution < 1.29 is 8.78 Å². The molecule has 0 radical (unpaired) electrons. The minimum atomic E-state index is -0.679. The molecule has 2 N–H and O–H groups in total. The molecule has 0 atom stereocenters.